The highest BCUT2D eigenvalue weighted by atomic mass is 35.5. The SMILES string of the molecule is CN(CC1CCCNC1)c1ncc([N+](=O)[O-])cc1Cl. The van der Waals surface area contributed by atoms with Crippen molar-refractivity contribution in [3.05, 3.63) is 27.4 Å². The van der Waals surface area contributed by atoms with Gasteiger partial charge in [-0.15, -0.1) is 0 Å². The zero-order valence-corrected chi connectivity index (χ0v) is 11.6. The average Bonchev–Trinajstić information content (AvgIpc) is 2.39. The first-order valence-corrected chi connectivity index (χ1v) is 6.67. The molecule has 1 N–H and O–H groups in total. The van der Waals surface area contributed by atoms with Gasteiger partial charge in [0, 0.05) is 19.7 Å². The van der Waals surface area contributed by atoms with Crippen molar-refractivity contribution in [3.63, 3.8) is 0 Å². The van der Waals surface area contributed by atoms with Gasteiger partial charge in [-0.05, 0) is 31.8 Å². The minimum absolute atomic E-state index is 0.0820. The molecule has 1 aliphatic rings. The number of anilines is 1. The highest BCUT2D eigenvalue weighted by Gasteiger charge is 2.18. The Labute approximate surface area is 116 Å². The second-order valence-electron chi connectivity index (χ2n) is 4.85. The van der Waals surface area contributed by atoms with Gasteiger partial charge in [-0.2, -0.15) is 0 Å². The third-order valence-corrected chi connectivity index (χ3v) is 3.59. The van der Waals surface area contributed by atoms with Crippen LogP contribution in [0, 0.1) is 16.0 Å². The molecule has 0 aliphatic carbocycles. The van der Waals surface area contributed by atoms with Gasteiger partial charge in [0.25, 0.3) is 5.69 Å². The number of nitro groups is 1. The Kier molecular flexibility index (Phi) is 4.55. The Bertz CT molecular complexity index is 463. The minimum Gasteiger partial charge on any atom is -0.358 e. The first-order valence-electron chi connectivity index (χ1n) is 6.29. The molecule has 0 radical (unpaired) electrons. The molecular weight excluding hydrogens is 268 g/mol. The van der Waals surface area contributed by atoms with Crippen LogP contribution in [0.1, 0.15) is 12.8 Å². The number of nitrogens with zero attached hydrogens (tertiary/aromatic N) is 3. The minimum atomic E-state index is -0.492. The number of pyridine rings is 1. The van der Waals surface area contributed by atoms with Gasteiger partial charge in [-0.1, -0.05) is 11.6 Å². The van der Waals surface area contributed by atoms with E-state index in [1.54, 1.807) is 0 Å². The van der Waals surface area contributed by atoms with E-state index in [9.17, 15) is 10.1 Å². The summed E-state index contributed by atoms with van der Waals surface area (Å²) in [4.78, 5) is 16.2. The molecular formula is C12H17ClN4O2. The van der Waals surface area contributed by atoms with Gasteiger partial charge in [0.2, 0.25) is 0 Å². The fraction of sp³-hybridized carbons (Fsp3) is 0.583. The summed E-state index contributed by atoms with van der Waals surface area (Å²) in [5.74, 6) is 1.16. The van der Waals surface area contributed by atoms with Crippen molar-refractivity contribution in [1.82, 2.24) is 10.3 Å². The van der Waals surface area contributed by atoms with E-state index >= 15 is 0 Å². The summed E-state index contributed by atoms with van der Waals surface area (Å²) >= 11 is 6.06. The second kappa shape index (κ2) is 6.16. The van der Waals surface area contributed by atoms with Crippen molar-refractivity contribution in [2.45, 2.75) is 12.8 Å². The Morgan fingerprint density at radius 1 is 1.68 bits per heavy atom. The molecule has 1 saturated heterocycles. The lowest BCUT2D eigenvalue weighted by molar-refractivity contribution is -0.385. The van der Waals surface area contributed by atoms with Gasteiger partial charge < -0.3 is 10.2 Å². The second-order valence-corrected chi connectivity index (χ2v) is 5.26. The lowest BCUT2D eigenvalue weighted by Gasteiger charge is -2.28. The number of rotatable bonds is 4. The maximum Gasteiger partial charge on any atom is 0.289 e. The van der Waals surface area contributed by atoms with E-state index < -0.39 is 4.92 Å². The van der Waals surface area contributed by atoms with Crippen molar-refractivity contribution in [3.8, 4) is 0 Å². The fourth-order valence-corrected chi connectivity index (χ4v) is 2.66. The maximum absolute atomic E-state index is 10.6. The molecule has 104 valence electrons. The molecule has 0 amide bonds. The van der Waals surface area contributed by atoms with Crippen molar-refractivity contribution in [2.24, 2.45) is 5.92 Å². The number of nitrogens with one attached hydrogen (secondary N) is 1. The summed E-state index contributed by atoms with van der Waals surface area (Å²) in [6.07, 6.45) is 3.61. The highest BCUT2D eigenvalue weighted by Crippen LogP contribution is 2.27. The van der Waals surface area contributed by atoms with Crippen LogP contribution in [0.2, 0.25) is 5.02 Å². The highest BCUT2D eigenvalue weighted by molar-refractivity contribution is 6.33. The third kappa shape index (κ3) is 3.54. The summed E-state index contributed by atoms with van der Waals surface area (Å²) in [5, 5.41) is 14.3. The van der Waals surface area contributed by atoms with E-state index in [0.29, 0.717) is 16.8 Å². The summed E-state index contributed by atoms with van der Waals surface area (Å²) in [5.41, 5.74) is -0.0820. The first kappa shape index (κ1) is 14.0. The van der Waals surface area contributed by atoms with E-state index in [-0.39, 0.29) is 5.69 Å². The van der Waals surface area contributed by atoms with Gasteiger partial charge in [0.05, 0.1) is 9.95 Å². The standard InChI is InChI=1S/C12H17ClN4O2/c1-16(8-9-3-2-4-14-6-9)12-11(13)5-10(7-15-12)17(18)19/h5,7,9,14H,2-4,6,8H2,1H3. The van der Waals surface area contributed by atoms with E-state index in [4.69, 9.17) is 11.6 Å². The smallest absolute Gasteiger partial charge is 0.289 e. The molecule has 1 fully saturated rings. The molecule has 1 aromatic heterocycles. The summed E-state index contributed by atoms with van der Waals surface area (Å²) in [7, 11) is 1.91. The molecule has 1 unspecified atom stereocenters. The molecule has 1 aromatic rings. The van der Waals surface area contributed by atoms with Crippen LogP contribution in [0.25, 0.3) is 0 Å². The molecule has 2 heterocycles. The third-order valence-electron chi connectivity index (χ3n) is 3.31. The largest absolute Gasteiger partial charge is 0.358 e. The number of aromatic nitrogens is 1. The van der Waals surface area contributed by atoms with Crippen LogP contribution in [0.3, 0.4) is 0 Å². The molecule has 19 heavy (non-hydrogen) atoms. The van der Waals surface area contributed by atoms with Gasteiger partial charge in [0.15, 0.2) is 0 Å². The van der Waals surface area contributed by atoms with Crippen LogP contribution < -0.4 is 10.2 Å². The van der Waals surface area contributed by atoms with Crippen LogP contribution in [0.5, 0.6) is 0 Å². The maximum atomic E-state index is 10.6. The number of hydrogen-bond acceptors (Lipinski definition) is 5. The molecule has 0 saturated carbocycles. The van der Waals surface area contributed by atoms with Crippen molar-refractivity contribution in [2.75, 3.05) is 31.6 Å². The predicted molar refractivity (Wildman–Crippen MR) is 74.8 cm³/mol. The fourth-order valence-electron chi connectivity index (χ4n) is 2.35. The van der Waals surface area contributed by atoms with Crippen LogP contribution in [0.4, 0.5) is 11.5 Å². The molecule has 0 aromatic carbocycles. The van der Waals surface area contributed by atoms with Crippen LogP contribution in [0.15, 0.2) is 12.3 Å². The zero-order valence-electron chi connectivity index (χ0n) is 10.8. The molecule has 0 bridgehead atoms. The first-order chi connectivity index (χ1) is 9.08. The topological polar surface area (TPSA) is 71.3 Å². The van der Waals surface area contributed by atoms with Gasteiger partial charge in [-0.25, -0.2) is 4.98 Å². The van der Waals surface area contributed by atoms with E-state index in [1.165, 1.54) is 25.1 Å². The number of hydrogen-bond donors (Lipinski definition) is 1. The molecule has 0 spiro atoms. The van der Waals surface area contributed by atoms with E-state index in [2.05, 4.69) is 10.3 Å². The van der Waals surface area contributed by atoms with Crippen molar-refractivity contribution < 1.29 is 4.92 Å². The Hall–Kier alpha value is -1.40. The van der Waals surface area contributed by atoms with Crippen LogP contribution >= 0.6 is 11.6 Å². The Balaban J connectivity index is 2.05. The van der Waals surface area contributed by atoms with Crippen LogP contribution in [-0.2, 0) is 0 Å². The molecule has 7 heteroatoms. The van der Waals surface area contributed by atoms with E-state index in [0.717, 1.165) is 19.6 Å². The van der Waals surface area contributed by atoms with Gasteiger partial charge in [0.1, 0.15) is 12.0 Å². The average molecular weight is 285 g/mol. The summed E-state index contributed by atoms with van der Waals surface area (Å²) in [6.45, 7) is 2.92. The van der Waals surface area contributed by atoms with Crippen molar-refractivity contribution in [1.29, 1.82) is 0 Å². The molecule has 1 aliphatic heterocycles. The van der Waals surface area contributed by atoms with E-state index in [1.807, 2.05) is 11.9 Å². The Morgan fingerprint density at radius 3 is 3.05 bits per heavy atom. The van der Waals surface area contributed by atoms with Crippen LogP contribution in [-0.4, -0.2) is 36.6 Å². The summed E-state index contributed by atoms with van der Waals surface area (Å²) < 4.78 is 0. The molecule has 1 atom stereocenters. The normalized spacial score (nSPS) is 19.2. The lowest BCUT2D eigenvalue weighted by atomic mass is 9.99. The molecule has 2 rings (SSSR count). The Morgan fingerprint density at radius 2 is 2.47 bits per heavy atom. The van der Waals surface area contributed by atoms with Gasteiger partial charge in [-0.3, -0.25) is 10.1 Å². The summed E-state index contributed by atoms with van der Waals surface area (Å²) in [6, 6.07) is 1.35. The van der Waals surface area contributed by atoms with Crippen molar-refractivity contribution >= 4 is 23.1 Å². The quantitative estimate of drug-likeness (QED) is 0.677. The monoisotopic (exact) mass is 284 g/mol. The molecule has 6 nitrogen and oxygen atoms in total. The van der Waals surface area contributed by atoms with Gasteiger partial charge >= 0.3 is 0 Å². The number of halogens is 1. The zero-order chi connectivity index (χ0) is 13.8. The predicted octanol–water partition coefficient (Wildman–Crippen LogP) is 2.08. The lowest BCUT2D eigenvalue weighted by Crippen LogP contribution is -2.37. The number of piperidine rings is 1.